The SMILES string of the molecule is CC1(O)[C@@H](O)[C@@H](COP(=O)(O)OP(=O)(O)OP(=O)(O)O)O[C@H]1[n+]1c[nH]c2c1[NH2+]C([NH3+])=[NH+]C2=O.CCN(CC)CC.CCN(CC)CC.CCN(CC)CC.CCN(CC)CC. The van der Waals surface area contributed by atoms with Gasteiger partial charge in [0.25, 0.3) is 0 Å². The number of ether oxygens (including phenoxy) is 1. The van der Waals surface area contributed by atoms with Gasteiger partial charge >= 0.3 is 46.8 Å². The van der Waals surface area contributed by atoms with Crippen LogP contribution in [0.2, 0.25) is 0 Å². The van der Waals surface area contributed by atoms with Gasteiger partial charge in [-0.2, -0.15) is 13.2 Å². The van der Waals surface area contributed by atoms with Crippen LogP contribution in [0.3, 0.4) is 0 Å². The van der Waals surface area contributed by atoms with E-state index in [0.717, 1.165) is 0 Å². The number of rotatable bonds is 20. The van der Waals surface area contributed by atoms with Crippen molar-refractivity contribution in [1.82, 2.24) is 24.6 Å². The first-order chi connectivity index (χ1) is 28.3. The van der Waals surface area contributed by atoms with Gasteiger partial charge in [0.15, 0.2) is 5.60 Å². The number of phosphoric acid groups is 3. The molecule has 26 heteroatoms. The molecule has 3 unspecified atom stereocenters. The number of imidazole rings is 1. The molecule has 0 saturated carbocycles. The summed E-state index contributed by atoms with van der Waals surface area (Å²) in [6.07, 6.45) is -3.32. The van der Waals surface area contributed by atoms with Crippen LogP contribution in [0.4, 0.5) is 5.82 Å². The summed E-state index contributed by atoms with van der Waals surface area (Å²) in [6, 6.07) is 0. The predicted octanol–water partition coefficient (Wildman–Crippen LogP) is -0.926. The highest BCUT2D eigenvalue weighted by atomic mass is 31.3. The Bertz CT molecular complexity index is 1470. The number of hydrogen-bond donors (Lipinski definition) is 10. The minimum atomic E-state index is -5.73. The van der Waals surface area contributed by atoms with Crippen molar-refractivity contribution in [2.75, 3.05) is 85.1 Å². The Morgan fingerprint density at radius 2 is 1.13 bits per heavy atom. The van der Waals surface area contributed by atoms with Crippen LogP contribution in [0.5, 0.6) is 0 Å². The molecular weight excluding hydrogens is 863 g/mol. The van der Waals surface area contributed by atoms with Crippen LogP contribution >= 0.6 is 23.5 Å². The van der Waals surface area contributed by atoms with Gasteiger partial charge in [-0.05, 0) is 85.5 Å². The Balaban J connectivity index is 0. The highest BCUT2D eigenvalue weighted by Gasteiger charge is 2.59. The smallest absolute Gasteiger partial charge is 0.387 e. The zero-order valence-corrected chi connectivity index (χ0v) is 41.5. The summed E-state index contributed by atoms with van der Waals surface area (Å²) >= 11 is 0. The fourth-order valence-electron chi connectivity index (χ4n) is 5.87. The van der Waals surface area contributed by atoms with Gasteiger partial charge in [-0.25, -0.2) is 29.2 Å². The third-order valence-electron chi connectivity index (χ3n) is 9.89. The summed E-state index contributed by atoms with van der Waals surface area (Å²) in [4.78, 5) is 62.5. The molecule has 0 bridgehead atoms. The molecule has 362 valence electrons. The minimum Gasteiger partial charge on any atom is -0.387 e. The number of quaternary nitrogens is 2. The predicted molar refractivity (Wildman–Crippen MR) is 230 cm³/mol. The van der Waals surface area contributed by atoms with E-state index >= 15 is 0 Å². The van der Waals surface area contributed by atoms with E-state index in [1.54, 1.807) is 0 Å². The van der Waals surface area contributed by atoms with Crippen LogP contribution in [-0.4, -0.2) is 169 Å². The lowest BCUT2D eigenvalue weighted by Crippen LogP contribution is -3.12. The van der Waals surface area contributed by atoms with Crippen molar-refractivity contribution >= 4 is 41.2 Å². The Kier molecular flexibility index (Phi) is 31.0. The molecule has 1 saturated heterocycles. The molecule has 2 aliphatic heterocycles. The number of phosphoric ester groups is 1. The van der Waals surface area contributed by atoms with Crippen LogP contribution in [-0.2, 0) is 31.6 Å². The maximum absolute atomic E-state index is 12.0. The quantitative estimate of drug-likeness (QED) is 0.0558. The molecule has 23 nitrogen and oxygen atoms in total. The van der Waals surface area contributed by atoms with E-state index in [1.165, 1.54) is 102 Å². The molecular formula is C35H82N9O14P3+4. The molecule has 1 amide bonds. The number of aliphatic hydroxyl groups excluding tert-OH is 1. The molecule has 0 radical (unpaired) electrons. The van der Waals surface area contributed by atoms with Crippen molar-refractivity contribution in [2.24, 2.45) is 0 Å². The Morgan fingerprint density at radius 1 is 0.754 bits per heavy atom. The number of aliphatic hydroxyl groups is 2. The maximum atomic E-state index is 12.0. The number of hydrogen-bond acceptors (Lipinski definition) is 14. The van der Waals surface area contributed by atoms with Crippen molar-refractivity contribution in [3.05, 3.63) is 12.0 Å². The van der Waals surface area contributed by atoms with Gasteiger partial charge in [0.2, 0.25) is 12.6 Å². The van der Waals surface area contributed by atoms with Crippen LogP contribution < -0.4 is 20.6 Å². The van der Waals surface area contributed by atoms with Gasteiger partial charge in [0, 0.05) is 0 Å². The van der Waals surface area contributed by atoms with Gasteiger partial charge in [0.1, 0.15) is 12.2 Å². The molecule has 3 heterocycles. The zero-order chi connectivity index (χ0) is 47.8. The molecule has 1 aromatic heterocycles. The first kappa shape index (κ1) is 61.7. The molecule has 1 aromatic rings. The lowest BCUT2D eigenvalue weighted by Gasteiger charge is -2.24. The van der Waals surface area contributed by atoms with Crippen molar-refractivity contribution in [2.45, 2.75) is 114 Å². The van der Waals surface area contributed by atoms with E-state index in [0.29, 0.717) is 0 Å². The fraction of sp³-hybridized carbons (Fsp3) is 0.857. The highest BCUT2D eigenvalue weighted by molar-refractivity contribution is 7.66. The number of aromatic amines is 1. The highest BCUT2D eigenvalue weighted by Crippen LogP contribution is 2.66. The third kappa shape index (κ3) is 23.4. The van der Waals surface area contributed by atoms with Crippen molar-refractivity contribution in [1.29, 1.82) is 0 Å². The largest absolute Gasteiger partial charge is 0.540 e. The Labute approximate surface area is 363 Å². The molecule has 2 aliphatic rings. The number of H-pyrrole nitrogens is 1. The Morgan fingerprint density at radius 3 is 1.46 bits per heavy atom. The second-order valence-corrected chi connectivity index (χ2v) is 18.0. The second kappa shape index (κ2) is 30.7. The number of nitrogens with zero attached hydrogens (tertiary/aromatic N) is 5. The number of nitrogens with two attached hydrogens (primary N) is 1. The normalized spacial score (nSPS) is 21.8. The van der Waals surface area contributed by atoms with Crippen LogP contribution in [0.15, 0.2) is 6.33 Å². The van der Waals surface area contributed by atoms with Crippen LogP contribution in [0.25, 0.3) is 0 Å². The number of fused-ring (bicyclic) bond motifs is 1. The van der Waals surface area contributed by atoms with Gasteiger partial charge < -0.3 is 54.1 Å². The van der Waals surface area contributed by atoms with Gasteiger partial charge in [-0.1, -0.05) is 88.1 Å². The van der Waals surface area contributed by atoms with Crippen molar-refractivity contribution in [3.63, 3.8) is 0 Å². The summed E-state index contributed by atoms with van der Waals surface area (Å²) in [5.41, 5.74) is 1.69. The second-order valence-electron chi connectivity index (χ2n) is 13.6. The summed E-state index contributed by atoms with van der Waals surface area (Å²) < 4.78 is 52.4. The summed E-state index contributed by atoms with van der Waals surface area (Å²) in [7, 11) is -16.8. The molecule has 0 spiro atoms. The Hall–Kier alpha value is -1.40. The number of aromatic nitrogens is 2. The molecule has 0 aliphatic carbocycles. The monoisotopic (exact) mass is 946 g/mol. The average molecular weight is 946 g/mol. The van der Waals surface area contributed by atoms with Crippen molar-refractivity contribution in [3.8, 4) is 0 Å². The van der Waals surface area contributed by atoms with E-state index in [-0.39, 0.29) is 17.5 Å². The minimum absolute atomic E-state index is 0.105. The molecule has 0 aromatic carbocycles. The topological polar surface area (TPSA) is 317 Å². The molecule has 3 rings (SSSR count). The number of guanidine groups is 1. The van der Waals surface area contributed by atoms with E-state index in [4.69, 9.17) is 14.5 Å². The lowest BCUT2D eigenvalue weighted by molar-refractivity contribution is -0.816. The number of carbonyl (C=O) groups is 1. The van der Waals surface area contributed by atoms with E-state index in [9.17, 15) is 38.5 Å². The lowest BCUT2D eigenvalue weighted by atomic mass is 9.96. The standard InChI is InChI=1S/C11H18N5O14P3.4C6H15N/c1-11(19)6(17)4(2-27-32(23,24)30-33(25,26)29-31(20,21)22)28-9(11)16-3-13-5-7(16)14-10(12)15-8(5)18;4*1-4-7(5-2)6-3/h3-4,6,9,17,19H,2H2,1H3,(H7,12,14,15,18,20,21,22,23,24,25,26);4*4-6H2,1-3H3/p+4/t4-,6+,9-,11?;;;;/m1..../s1. The van der Waals surface area contributed by atoms with Crippen LogP contribution in [0, 0.1) is 0 Å². The summed E-state index contributed by atoms with van der Waals surface area (Å²) in [5.74, 6) is -0.0309. The molecule has 6 atom stereocenters. The molecule has 61 heavy (non-hydrogen) atoms. The van der Waals surface area contributed by atoms with E-state index in [1.807, 2.05) is 0 Å². The summed E-state index contributed by atoms with van der Waals surface area (Å²) in [6.45, 7) is 40.7. The van der Waals surface area contributed by atoms with E-state index < -0.39 is 60.0 Å². The van der Waals surface area contributed by atoms with Gasteiger partial charge in [-0.15, -0.1) is 5.32 Å². The first-order valence-corrected chi connectivity index (χ1v) is 25.5. The van der Waals surface area contributed by atoms with E-state index in [2.05, 4.69) is 132 Å². The maximum Gasteiger partial charge on any atom is 0.540 e. The van der Waals surface area contributed by atoms with Crippen molar-refractivity contribution < 1.29 is 86.8 Å². The molecule has 13 N–H and O–H groups in total. The number of amides is 1. The summed E-state index contributed by atoms with van der Waals surface area (Å²) in [5, 5.41) is 22.7. The fourth-order valence-corrected chi connectivity index (χ4v) is 8.90. The van der Waals surface area contributed by atoms with Gasteiger partial charge in [0.05, 0.1) is 6.61 Å². The average Bonchev–Trinajstić information content (AvgIpc) is 3.70. The third-order valence-corrected chi connectivity index (χ3v) is 13.7. The molecule has 1 fully saturated rings. The van der Waals surface area contributed by atoms with Crippen LogP contribution in [0.1, 0.15) is 107 Å². The number of nitrogens with one attached hydrogen (secondary N) is 2. The first-order valence-electron chi connectivity index (χ1n) is 21.0. The number of carbonyl (C=O) groups excluding carboxylic acids is 1. The zero-order valence-electron chi connectivity index (χ0n) is 38.8. The van der Waals surface area contributed by atoms with Gasteiger partial charge in [-0.3, -0.25) is 4.52 Å².